The zero-order valence-electron chi connectivity index (χ0n) is 18.5. The van der Waals surface area contributed by atoms with Crippen molar-refractivity contribution in [1.29, 1.82) is 0 Å². The topological polar surface area (TPSA) is 142 Å². The van der Waals surface area contributed by atoms with Crippen molar-refractivity contribution in [3.05, 3.63) is 59.7 Å². The fourth-order valence-electron chi connectivity index (χ4n) is 2.41. The van der Waals surface area contributed by atoms with Gasteiger partial charge in [0.1, 0.15) is 0 Å². The molecule has 11 N–H and O–H groups in total. The summed E-state index contributed by atoms with van der Waals surface area (Å²) in [6.45, 7) is 10.8. The van der Waals surface area contributed by atoms with Gasteiger partial charge < -0.3 is 34.0 Å². The van der Waals surface area contributed by atoms with Crippen LogP contribution >= 0.6 is 0 Å². The summed E-state index contributed by atoms with van der Waals surface area (Å²) in [7, 11) is 0. The third-order valence-corrected chi connectivity index (χ3v) is 3.97. The molecule has 0 bridgehead atoms. The van der Waals surface area contributed by atoms with Gasteiger partial charge >= 0.3 is 0 Å². The van der Waals surface area contributed by atoms with Crippen LogP contribution in [0.4, 0.5) is 11.4 Å². The first-order chi connectivity index (χ1) is 13.7. The molecule has 0 aliphatic heterocycles. The van der Waals surface area contributed by atoms with E-state index >= 15 is 0 Å². The highest BCUT2D eigenvalue weighted by molar-refractivity contribution is 5.50. The lowest BCUT2D eigenvalue weighted by molar-refractivity contribution is 0.361. The zero-order valence-corrected chi connectivity index (χ0v) is 18.5. The molecule has 0 aliphatic carbocycles. The van der Waals surface area contributed by atoms with Gasteiger partial charge in [-0.05, 0) is 54.1 Å². The van der Waals surface area contributed by atoms with Crippen molar-refractivity contribution in [3.8, 4) is 0 Å². The molecule has 6 heteroatoms. The molecule has 2 rings (SSSR count). The van der Waals surface area contributed by atoms with Crippen molar-refractivity contribution in [2.75, 3.05) is 31.1 Å². The van der Waals surface area contributed by atoms with E-state index in [4.69, 9.17) is 28.7 Å². The summed E-state index contributed by atoms with van der Waals surface area (Å²) in [5, 5.41) is 3.28. The summed E-state index contributed by atoms with van der Waals surface area (Å²) in [5.41, 5.74) is 31.1. The molecule has 0 spiro atoms. The van der Waals surface area contributed by atoms with Crippen LogP contribution in [0.25, 0.3) is 0 Å². The predicted octanol–water partition coefficient (Wildman–Crippen LogP) is 2.82. The van der Waals surface area contributed by atoms with Gasteiger partial charge in [0.25, 0.3) is 0 Å². The second-order valence-electron chi connectivity index (χ2n) is 8.10. The smallest absolute Gasteiger partial charge is 0.0334 e. The highest BCUT2D eigenvalue weighted by Crippen LogP contribution is 2.19. The third kappa shape index (κ3) is 16.5. The summed E-state index contributed by atoms with van der Waals surface area (Å²) in [6, 6.07) is 15.2. The molecule has 0 radical (unpaired) electrons. The molecule has 0 aromatic heterocycles. The molecular formula is C23H42N6. The number of hydrogen-bond acceptors (Lipinski definition) is 6. The van der Waals surface area contributed by atoms with Gasteiger partial charge in [0.2, 0.25) is 0 Å². The number of nitrogens with one attached hydrogen (secondary N) is 1. The third-order valence-electron chi connectivity index (χ3n) is 3.97. The van der Waals surface area contributed by atoms with E-state index in [1.54, 1.807) is 18.2 Å². The lowest BCUT2D eigenvalue weighted by Crippen LogP contribution is -2.24. The molecular weight excluding hydrogens is 360 g/mol. The van der Waals surface area contributed by atoms with Gasteiger partial charge in [-0.1, -0.05) is 51.1 Å². The lowest BCUT2D eigenvalue weighted by Gasteiger charge is -2.17. The van der Waals surface area contributed by atoms with Crippen LogP contribution < -0.4 is 34.0 Å². The fourth-order valence-corrected chi connectivity index (χ4v) is 2.41. The van der Waals surface area contributed by atoms with E-state index in [2.05, 4.69) is 26.1 Å². The van der Waals surface area contributed by atoms with Crippen LogP contribution in [-0.4, -0.2) is 19.6 Å². The van der Waals surface area contributed by atoms with E-state index < -0.39 is 0 Å². The SMILES string of the molecule is CC(C)(C)CCCNCCN.NCc1cccc(CN)c1.Nc1cccc(N)c1. The molecule has 164 valence electrons. The minimum absolute atomic E-state index is 0.477. The first kappa shape index (κ1) is 26.9. The van der Waals surface area contributed by atoms with Gasteiger partial charge in [0, 0.05) is 37.6 Å². The van der Waals surface area contributed by atoms with E-state index in [0.29, 0.717) is 29.9 Å². The molecule has 2 aromatic carbocycles. The van der Waals surface area contributed by atoms with E-state index in [-0.39, 0.29) is 0 Å². The van der Waals surface area contributed by atoms with Crippen molar-refractivity contribution in [2.45, 2.75) is 46.7 Å². The minimum Gasteiger partial charge on any atom is -0.399 e. The second-order valence-corrected chi connectivity index (χ2v) is 8.10. The van der Waals surface area contributed by atoms with E-state index in [9.17, 15) is 0 Å². The number of anilines is 2. The molecule has 0 heterocycles. The van der Waals surface area contributed by atoms with Crippen molar-refractivity contribution < 1.29 is 0 Å². The number of benzene rings is 2. The summed E-state index contributed by atoms with van der Waals surface area (Å²) in [4.78, 5) is 0. The highest BCUT2D eigenvalue weighted by Gasteiger charge is 2.08. The minimum atomic E-state index is 0.477. The fraction of sp³-hybridized carbons (Fsp3) is 0.478. The van der Waals surface area contributed by atoms with Crippen LogP contribution in [0.5, 0.6) is 0 Å². The molecule has 0 fully saturated rings. The Morgan fingerprint density at radius 3 is 1.66 bits per heavy atom. The maximum absolute atomic E-state index is 5.43. The monoisotopic (exact) mass is 402 g/mol. The number of nitrogens with two attached hydrogens (primary N) is 5. The van der Waals surface area contributed by atoms with Gasteiger partial charge in [-0.15, -0.1) is 0 Å². The maximum atomic E-state index is 5.43. The summed E-state index contributed by atoms with van der Waals surface area (Å²) < 4.78 is 0. The van der Waals surface area contributed by atoms with Crippen LogP contribution in [0.1, 0.15) is 44.7 Å². The average Bonchev–Trinajstić information content (AvgIpc) is 2.68. The number of nitrogen functional groups attached to an aromatic ring is 2. The largest absolute Gasteiger partial charge is 0.399 e. The Labute approximate surface area is 177 Å². The normalized spacial score (nSPS) is 10.4. The van der Waals surface area contributed by atoms with Crippen LogP contribution in [0.15, 0.2) is 48.5 Å². The molecule has 29 heavy (non-hydrogen) atoms. The Kier molecular flexibility index (Phi) is 14.6. The first-order valence-corrected chi connectivity index (χ1v) is 10.2. The van der Waals surface area contributed by atoms with Crippen LogP contribution in [-0.2, 0) is 13.1 Å². The molecule has 0 amide bonds. The quantitative estimate of drug-likeness (QED) is 0.310. The van der Waals surface area contributed by atoms with Crippen molar-refractivity contribution in [1.82, 2.24) is 5.32 Å². The Morgan fingerprint density at radius 1 is 0.759 bits per heavy atom. The summed E-state index contributed by atoms with van der Waals surface area (Å²) in [5.74, 6) is 0. The molecule has 0 saturated heterocycles. The Morgan fingerprint density at radius 2 is 1.28 bits per heavy atom. The van der Waals surface area contributed by atoms with Crippen molar-refractivity contribution >= 4 is 11.4 Å². The van der Waals surface area contributed by atoms with Crippen LogP contribution in [0.3, 0.4) is 0 Å². The average molecular weight is 403 g/mol. The lowest BCUT2D eigenvalue weighted by atomic mass is 9.91. The molecule has 6 nitrogen and oxygen atoms in total. The van der Waals surface area contributed by atoms with Gasteiger partial charge in [0.15, 0.2) is 0 Å². The molecule has 2 aromatic rings. The maximum Gasteiger partial charge on any atom is 0.0334 e. The summed E-state index contributed by atoms with van der Waals surface area (Å²) in [6.07, 6.45) is 2.54. The number of rotatable bonds is 7. The van der Waals surface area contributed by atoms with Crippen LogP contribution in [0.2, 0.25) is 0 Å². The summed E-state index contributed by atoms with van der Waals surface area (Å²) >= 11 is 0. The first-order valence-electron chi connectivity index (χ1n) is 10.2. The Balaban J connectivity index is 0.000000410. The van der Waals surface area contributed by atoms with Gasteiger partial charge in [-0.2, -0.15) is 0 Å². The van der Waals surface area contributed by atoms with E-state index in [1.807, 2.05) is 30.3 Å². The van der Waals surface area contributed by atoms with Gasteiger partial charge in [-0.25, -0.2) is 0 Å². The second kappa shape index (κ2) is 15.8. The van der Waals surface area contributed by atoms with Crippen molar-refractivity contribution in [3.63, 3.8) is 0 Å². The predicted molar refractivity (Wildman–Crippen MR) is 128 cm³/mol. The van der Waals surface area contributed by atoms with Gasteiger partial charge in [-0.3, -0.25) is 0 Å². The molecule has 0 unspecified atom stereocenters. The Bertz CT molecular complexity index is 615. The highest BCUT2D eigenvalue weighted by atomic mass is 14.9. The van der Waals surface area contributed by atoms with Crippen molar-refractivity contribution in [2.24, 2.45) is 22.6 Å². The van der Waals surface area contributed by atoms with E-state index in [1.165, 1.54) is 12.8 Å². The molecule has 0 saturated carbocycles. The van der Waals surface area contributed by atoms with Gasteiger partial charge in [0.05, 0.1) is 0 Å². The Hall–Kier alpha value is -2.12. The van der Waals surface area contributed by atoms with E-state index in [0.717, 1.165) is 30.8 Å². The molecule has 0 aliphatic rings. The van der Waals surface area contributed by atoms with Crippen LogP contribution in [0, 0.1) is 5.41 Å². The standard InChI is InChI=1S/C9H22N2.C8H12N2.C6H8N2/c1-9(2,3)5-4-7-11-8-6-10;9-5-7-2-1-3-8(4-7)6-10;7-5-2-1-3-6(8)4-5/h11H,4-8,10H2,1-3H3;1-4H,5-6,9-10H2;1-4H,7-8H2. The zero-order chi connectivity index (χ0) is 22.1. The molecule has 0 atom stereocenters. The number of hydrogen-bond donors (Lipinski definition) is 6.